The number of nitrogens with zero attached hydrogens (tertiary/aromatic N) is 1. The predicted molar refractivity (Wildman–Crippen MR) is 74.5 cm³/mol. The van der Waals surface area contributed by atoms with E-state index in [0.29, 0.717) is 11.3 Å². The van der Waals surface area contributed by atoms with Gasteiger partial charge in [-0.2, -0.15) is 0 Å². The lowest BCUT2D eigenvalue weighted by molar-refractivity contribution is 0.597. The summed E-state index contributed by atoms with van der Waals surface area (Å²) >= 11 is 3.66. The Morgan fingerprint density at radius 3 is 2.94 bits per heavy atom. The van der Waals surface area contributed by atoms with Crippen LogP contribution in [-0.2, 0) is 6.54 Å². The standard InChI is InChI=1S/C12H18N2S2/c1-8-4-5-15-11(8)7-13-12-14-9(2)6-10(3)16-12/h4-5,9-10H,6-7H2,1-3H3,(H,13,14). The molecule has 1 saturated heterocycles. The Morgan fingerprint density at radius 1 is 1.50 bits per heavy atom. The minimum Gasteiger partial charge on any atom is -0.362 e. The number of rotatable bonds is 2. The monoisotopic (exact) mass is 254 g/mol. The van der Waals surface area contributed by atoms with Crippen LogP contribution in [0.4, 0.5) is 0 Å². The van der Waals surface area contributed by atoms with Crippen molar-refractivity contribution in [2.75, 3.05) is 0 Å². The van der Waals surface area contributed by atoms with Crippen LogP contribution in [0, 0.1) is 6.92 Å². The van der Waals surface area contributed by atoms with Crippen molar-refractivity contribution in [3.8, 4) is 0 Å². The summed E-state index contributed by atoms with van der Waals surface area (Å²) in [6, 6.07) is 2.71. The maximum absolute atomic E-state index is 4.67. The molecule has 0 bridgehead atoms. The van der Waals surface area contributed by atoms with Gasteiger partial charge in [-0.25, -0.2) is 0 Å². The molecule has 2 unspecified atom stereocenters. The molecule has 0 radical (unpaired) electrons. The third-order valence-corrected chi connectivity index (χ3v) is 4.78. The SMILES string of the molecule is Cc1ccsc1CN=C1NC(C)CC(C)S1. The van der Waals surface area contributed by atoms with E-state index in [0.717, 1.165) is 11.7 Å². The summed E-state index contributed by atoms with van der Waals surface area (Å²) in [6.45, 7) is 7.47. The van der Waals surface area contributed by atoms with Gasteiger partial charge in [0.05, 0.1) is 6.54 Å². The first-order chi connectivity index (χ1) is 7.65. The van der Waals surface area contributed by atoms with E-state index in [9.17, 15) is 0 Å². The number of amidine groups is 1. The molecule has 1 aromatic heterocycles. The van der Waals surface area contributed by atoms with Gasteiger partial charge in [-0.1, -0.05) is 18.7 Å². The number of hydrogen-bond acceptors (Lipinski definition) is 3. The highest BCUT2D eigenvalue weighted by Gasteiger charge is 2.19. The molecule has 0 aromatic carbocycles. The lowest BCUT2D eigenvalue weighted by Crippen LogP contribution is -2.38. The summed E-state index contributed by atoms with van der Waals surface area (Å²) in [5.74, 6) is 0. The highest BCUT2D eigenvalue weighted by molar-refractivity contribution is 8.14. The maximum Gasteiger partial charge on any atom is 0.157 e. The van der Waals surface area contributed by atoms with E-state index in [-0.39, 0.29) is 0 Å². The Kier molecular flexibility index (Phi) is 3.92. The van der Waals surface area contributed by atoms with Gasteiger partial charge < -0.3 is 5.32 Å². The van der Waals surface area contributed by atoms with Crippen LogP contribution in [-0.4, -0.2) is 16.5 Å². The summed E-state index contributed by atoms with van der Waals surface area (Å²) in [6.07, 6.45) is 1.22. The second-order valence-corrected chi connectivity index (χ2v) is 6.79. The highest BCUT2D eigenvalue weighted by atomic mass is 32.2. The lowest BCUT2D eigenvalue weighted by Gasteiger charge is -2.26. The third-order valence-electron chi connectivity index (χ3n) is 2.70. The van der Waals surface area contributed by atoms with E-state index in [1.54, 1.807) is 11.3 Å². The lowest BCUT2D eigenvalue weighted by atomic mass is 10.2. The average Bonchev–Trinajstić information content (AvgIpc) is 2.59. The van der Waals surface area contributed by atoms with E-state index in [2.05, 4.69) is 42.5 Å². The summed E-state index contributed by atoms with van der Waals surface area (Å²) < 4.78 is 0. The van der Waals surface area contributed by atoms with Gasteiger partial charge in [0, 0.05) is 16.2 Å². The van der Waals surface area contributed by atoms with Gasteiger partial charge in [-0.15, -0.1) is 11.3 Å². The molecule has 4 heteroatoms. The Balaban J connectivity index is 1.99. The smallest absolute Gasteiger partial charge is 0.157 e. The van der Waals surface area contributed by atoms with E-state index in [4.69, 9.17) is 0 Å². The molecular weight excluding hydrogens is 236 g/mol. The minimum absolute atomic E-state index is 0.555. The van der Waals surface area contributed by atoms with Gasteiger partial charge in [-0.3, -0.25) is 4.99 Å². The van der Waals surface area contributed by atoms with Gasteiger partial charge in [-0.05, 0) is 37.3 Å². The number of thioether (sulfide) groups is 1. The predicted octanol–water partition coefficient (Wildman–Crippen LogP) is 3.42. The van der Waals surface area contributed by atoms with Crippen molar-refractivity contribution in [3.63, 3.8) is 0 Å². The van der Waals surface area contributed by atoms with E-state index >= 15 is 0 Å². The number of thiophene rings is 1. The summed E-state index contributed by atoms with van der Waals surface area (Å²) in [5.41, 5.74) is 1.36. The van der Waals surface area contributed by atoms with Crippen LogP contribution < -0.4 is 5.32 Å². The van der Waals surface area contributed by atoms with E-state index in [1.807, 2.05) is 11.8 Å². The summed E-state index contributed by atoms with van der Waals surface area (Å²) in [7, 11) is 0. The van der Waals surface area contributed by atoms with Crippen LogP contribution >= 0.6 is 23.1 Å². The van der Waals surface area contributed by atoms with Crippen LogP contribution in [0.3, 0.4) is 0 Å². The largest absolute Gasteiger partial charge is 0.362 e. The molecule has 1 aliphatic rings. The zero-order valence-electron chi connectivity index (χ0n) is 9.99. The molecule has 1 aliphatic heterocycles. The molecule has 16 heavy (non-hydrogen) atoms. The Labute approximate surface area is 106 Å². The molecule has 0 aliphatic carbocycles. The normalized spacial score (nSPS) is 28.1. The molecule has 2 nitrogen and oxygen atoms in total. The molecule has 2 atom stereocenters. The molecule has 88 valence electrons. The maximum atomic E-state index is 4.67. The van der Waals surface area contributed by atoms with Crippen LogP contribution in [0.2, 0.25) is 0 Å². The molecule has 2 heterocycles. The fourth-order valence-electron chi connectivity index (χ4n) is 1.83. The molecule has 0 saturated carbocycles. The first kappa shape index (κ1) is 12.0. The van der Waals surface area contributed by atoms with Gasteiger partial charge in [0.15, 0.2) is 5.17 Å². The molecule has 0 spiro atoms. The molecular formula is C12H18N2S2. The topological polar surface area (TPSA) is 24.4 Å². The van der Waals surface area contributed by atoms with Crippen LogP contribution in [0.15, 0.2) is 16.4 Å². The van der Waals surface area contributed by atoms with Gasteiger partial charge in [0.25, 0.3) is 0 Å². The van der Waals surface area contributed by atoms with E-state index < -0.39 is 0 Å². The van der Waals surface area contributed by atoms with Crippen LogP contribution in [0.25, 0.3) is 0 Å². The molecule has 1 N–H and O–H groups in total. The van der Waals surface area contributed by atoms with Crippen molar-refractivity contribution in [2.24, 2.45) is 4.99 Å². The zero-order valence-corrected chi connectivity index (χ0v) is 11.6. The van der Waals surface area contributed by atoms with Crippen LogP contribution in [0.1, 0.15) is 30.7 Å². The first-order valence-corrected chi connectivity index (χ1v) is 7.41. The minimum atomic E-state index is 0.555. The van der Waals surface area contributed by atoms with Crippen LogP contribution in [0.5, 0.6) is 0 Å². The number of aliphatic imine (C=N–C) groups is 1. The van der Waals surface area contributed by atoms with Crippen molar-refractivity contribution < 1.29 is 0 Å². The molecule has 0 amide bonds. The fraction of sp³-hybridized carbons (Fsp3) is 0.583. The molecule has 1 aromatic rings. The Hall–Kier alpha value is -0.480. The Bertz CT molecular complexity index is 372. The first-order valence-electron chi connectivity index (χ1n) is 5.65. The average molecular weight is 254 g/mol. The van der Waals surface area contributed by atoms with E-state index in [1.165, 1.54) is 16.9 Å². The number of nitrogens with one attached hydrogen (secondary N) is 1. The molecule has 2 rings (SSSR count). The van der Waals surface area contributed by atoms with Crippen molar-refractivity contribution in [1.29, 1.82) is 0 Å². The van der Waals surface area contributed by atoms with Crippen molar-refractivity contribution in [1.82, 2.24) is 5.32 Å². The van der Waals surface area contributed by atoms with Gasteiger partial charge in [0.1, 0.15) is 0 Å². The number of hydrogen-bond donors (Lipinski definition) is 1. The Morgan fingerprint density at radius 2 is 2.31 bits per heavy atom. The number of aryl methyl sites for hydroxylation is 1. The second kappa shape index (κ2) is 5.23. The fourth-order valence-corrected chi connectivity index (χ4v) is 3.84. The quantitative estimate of drug-likeness (QED) is 0.874. The highest BCUT2D eigenvalue weighted by Crippen LogP contribution is 2.23. The van der Waals surface area contributed by atoms with Gasteiger partial charge >= 0.3 is 0 Å². The summed E-state index contributed by atoms with van der Waals surface area (Å²) in [4.78, 5) is 6.04. The van der Waals surface area contributed by atoms with Crippen molar-refractivity contribution in [3.05, 3.63) is 21.9 Å². The van der Waals surface area contributed by atoms with Gasteiger partial charge in [0.2, 0.25) is 0 Å². The molecule has 1 fully saturated rings. The van der Waals surface area contributed by atoms with Crippen molar-refractivity contribution >= 4 is 28.3 Å². The third kappa shape index (κ3) is 3.01. The van der Waals surface area contributed by atoms with Crippen molar-refractivity contribution in [2.45, 2.75) is 45.0 Å². The summed E-state index contributed by atoms with van der Waals surface area (Å²) in [5, 5.41) is 7.37. The second-order valence-electron chi connectivity index (χ2n) is 4.36. The zero-order chi connectivity index (χ0) is 11.5.